The fraction of sp³-hybridized carbons (Fsp3) is 0.615. The maximum absolute atomic E-state index is 11.9. The summed E-state index contributed by atoms with van der Waals surface area (Å²) in [7, 11) is 0. The second-order valence-electron chi connectivity index (χ2n) is 4.73. The topological polar surface area (TPSA) is 42.2 Å². The number of nitrogens with one attached hydrogen (secondary N) is 1. The molecule has 2 rings (SSSR count). The third-order valence-corrected chi connectivity index (χ3v) is 5.19. The summed E-state index contributed by atoms with van der Waals surface area (Å²) >= 11 is 7.52. The summed E-state index contributed by atoms with van der Waals surface area (Å²) in [6, 6.07) is 3.19. The van der Waals surface area contributed by atoms with Crippen molar-refractivity contribution >= 4 is 29.3 Å². The van der Waals surface area contributed by atoms with E-state index in [4.69, 9.17) is 16.0 Å². The molecular formula is C13H18ClNO2S. The van der Waals surface area contributed by atoms with Crippen LogP contribution in [0.15, 0.2) is 16.5 Å². The number of rotatable bonds is 4. The van der Waals surface area contributed by atoms with Crippen LogP contribution in [-0.2, 0) is 0 Å². The second kappa shape index (κ2) is 6.02. The fourth-order valence-electron chi connectivity index (χ4n) is 2.41. The molecule has 0 radical (unpaired) electrons. The largest absolute Gasteiger partial charge is 0.440 e. The molecule has 1 aromatic rings. The maximum atomic E-state index is 11.9. The minimum absolute atomic E-state index is 0.180. The monoisotopic (exact) mass is 287 g/mol. The number of halogens is 1. The van der Waals surface area contributed by atoms with Gasteiger partial charge in [-0.3, -0.25) is 4.79 Å². The van der Waals surface area contributed by atoms with Gasteiger partial charge < -0.3 is 9.73 Å². The van der Waals surface area contributed by atoms with E-state index in [0.29, 0.717) is 6.54 Å². The Labute approximate surface area is 117 Å². The molecule has 5 heteroatoms. The second-order valence-corrected chi connectivity index (χ2v) is 6.38. The van der Waals surface area contributed by atoms with Gasteiger partial charge in [-0.25, -0.2) is 0 Å². The Bertz CT molecular complexity index is 413. The summed E-state index contributed by atoms with van der Waals surface area (Å²) in [6.45, 7) is 0.700. The number of furan rings is 1. The quantitative estimate of drug-likeness (QED) is 0.917. The number of carbonyl (C=O) groups excluding carboxylic acids is 1. The average Bonchev–Trinajstić information content (AvgIpc) is 2.84. The molecule has 18 heavy (non-hydrogen) atoms. The van der Waals surface area contributed by atoms with Gasteiger partial charge in [-0.1, -0.05) is 19.3 Å². The molecule has 1 aromatic heterocycles. The van der Waals surface area contributed by atoms with Crippen LogP contribution in [0.25, 0.3) is 0 Å². The Morgan fingerprint density at radius 2 is 2.17 bits per heavy atom. The van der Waals surface area contributed by atoms with Crippen molar-refractivity contribution in [1.29, 1.82) is 0 Å². The molecule has 0 saturated heterocycles. The molecule has 0 bridgehead atoms. The van der Waals surface area contributed by atoms with E-state index < -0.39 is 0 Å². The van der Waals surface area contributed by atoms with Crippen LogP contribution in [0.5, 0.6) is 0 Å². The molecule has 1 amide bonds. The molecule has 0 spiro atoms. The smallest absolute Gasteiger partial charge is 0.287 e. The van der Waals surface area contributed by atoms with E-state index in [1.54, 1.807) is 12.1 Å². The number of carbonyl (C=O) groups is 1. The Morgan fingerprint density at radius 1 is 1.44 bits per heavy atom. The van der Waals surface area contributed by atoms with E-state index in [9.17, 15) is 4.79 Å². The number of thioether (sulfide) groups is 1. The summed E-state index contributed by atoms with van der Waals surface area (Å²) in [5.74, 6) is 0.105. The predicted octanol–water partition coefficient (Wildman–Crippen LogP) is 3.73. The first-order valence-electron chi connectivity index (χ1n) is 6.24. The summed E-state index contributed by atoms with van der Waals surface area (Å²) in [5.41, 5.74) is 0. The zero-order chi connectivity index (χ0) is 13.0. The highest BCUT2D eigenvalue weighted by molar-refractivity contribution is 8.00. The Hall–Kier alpha value is -0.610. The van der Waals surface area contributed by atoms with Gasteiger partial charge in [0.25, 0.3) is 5.91 Å². The Balaban J connectivity index is 1.91. The fourth-order valence-corrected chi connectivity index (χ4v) is 3.47. The zero-order valence-electron chi connectivity index (χ0n) is 10.5. The van der Waals surface area contributed by atoms with Crippen LogP contribution < -0.4 is 5.32 Å². The molecular weight excluding hydrogens is 270 g/mol. The SMILES string of the molecule is CSC1(CNC(=O)c2ccc(Cl)o2)CCCCC1. The minimum Gasteiger partial charge on any atom is -0.440 e. The Morgan fingerprint density at radius 3 is 2.72 bits per heavy atom. The summed E-state index contributed by atoms with van der Waals surface area (Å²) in [4.78, 5) is 11.9. The normalized spacial score (nSPS) is 18.6. The standard InChI is InChI=1S/C13H18ClNO2S/c1-18-13(7-3-2-4-8-13)9-15-12(16)10-5-6-11(14)17-10/h5-6H,2-4,7-9H2,1H3,(H,15,16). The molecule has 0 atom stereocenters. The van der Waals surface area contributed by atoms with Gasteiger partial charge in [0.2, 0.25) is 0 Å². The first-order chi connectivity index (χ1) is 8.65. The predicted molar refractivity (Wildman–Crippen MR) is 75.4 cm³/mol. The van der Waals surface area contributed by atoms with Crippen LogP contribution in [-0.4, -0.2) is 23.5 Å². The molecule has 1 aliphatic carbocycles. The summed E-state index contributed by atoms with van der Waals surface area (Å²) in [5, 5.41) is 3.21. The highest BCUT2D eigenvalue weighted by Crippen LogP contribution is 2.37. The Kier molecular flexibility index (Phi) is 4.62. The van der Waals surface area contributed by atoms with E-state index >= 15 is 0 Å². The van der Waals surface area contributed by atoms with Gasteiger partial charge in [0, 0.05) is 11.3 Å². The van der Waals surface area contributed by atoms with E-state index in [2.05, 4.69) is 11.6 Å². The molecule has 0 aliphatic heterocycles. The van der Waals surface area contributed by atoms with E-state index in [0.717, 1.165) is 0 Å². The van der Waals surface area contributed by atoms with Crippen molar-refractivity contribution in [3.63, 3.8) is 0 Å². The van der Waals surface area contributed by atoms with Crippen molar-refractivity contribution in [3.8, 4) is 0 Å². The van der Waals surface area contributed by atoms with Crippen molar-refractivity contribution in [2.24, 2.45) is 0 Å². The van der Waals surface area contributed by atoms with Crippen LogP contribution >= 0.6 is 23.4 Å². The molecule has 3 nitrogen and oxygen atoms in total. The van der Waals surface area contributed by atoms with E-state index in [-0.39, 0.29) is 21.6 Å². The lowest BCUT2D eigenvalue weighted by atomic mass is 9.88. The van der Waals surface area contributed by atoms with Gasteiger partial charge in [0.05, 0.1) is 0 Å². The van der Waals surface area contributed by atoms with E-state index in [1.165, 1.54) is 32.1 Å². The lowest BCUT2D eigenvalue weighted by Gasteiger charge is -2.35. The average molecular weight is 288 g/mol. The van der Waals surface area contributed by atoms with Crippen molar-refractivity contribution in [2.75, 3.05) is 12.8 Å². The first-order valence-corrected chi connectivity index (χ1v) is 7.84. The van der Waals surface area contributed by atoms with Crippen LogP contribution in [0, 0.1) is 0 Å². The van der Waals surface area contributed by atoms with E-state index in [1.807, 2.05) is 11.8 Å². The number of hydrogen-bond donors (Lipinski definition) is 1. The van der Waals surface area contributed by atoms with Gasteiger partial charge in [-0.15, -0.1) is 0 Å². The molecule has 1 fully saturated rings. The molecule has 1 heterocycles. The van der Waals surface area contributed by atoms with Crippen LogP contribution in [0.1, 0.15) is 42.7 Å². The van der Waals surface area contributed by atoms with Crippen LogP contribution in [0.2, 0.25) is 5.22 Å². The van der Waals surface area contributed by atoms with Crippen molar-refractivity contribution < 1.29 is 9.21 Å². The maximum Gasteiger partial charge on any atom is 0.287 e. The molecule has 1 aliphatic rings. The van der Waals surface area contributed by atoms with Gasteiger partial charge in [0.1, 0.15) is 0 Å². The molecule has 0 unspecified atom stereocenters. The molecule has 0 aromatic carbocycles. The van der Waals surface area contributed by atoms with Crippen LogP contribution in [0.3, 0.4) is 0 Å². The lowest BCUT2D eigenvalue weighted by Crippen LogP contribution is -2.41. The highest BCUT2D eigenvalue weighted by atomic mass is 35.5. The minimum atomic E-state index is -0.180. The third-order valence-electron chi connectivity index (χ3n) is 3.57. The van der Waals surface area contributed by atoms with Gasteiger partial charge in [-0.05, 0) is 42.8 Å². The third kappa shape index (κ3) is 3.23. The number of hydrogen-bond acceptors (Lipinski definition) is 3. The summed E-state index contributed by atoms with van der Waals surface area (Å²) in [6.07, 6.45) is 8.29. The first kappa shape index (κ1) is 13.8. The van der Waals surface area contributed by atoms with Gasteiger partial charge in [0.15, 0.2) is 11.0 Å². The molecule has 1 N–H and O–H groups in total. The highest BCUT2D eigenvalue weighted by Gasteiger charge is 2.31. The lowest BCUT2D eigenvalue weighted by molar-refractivity contribution is 0.0919. The van der Waals surface area contributed by atoms with Crippen LogP contribution in [0.4, 0.5) is 0 Å². The van der Waals surface area contributed by atoms with Crippen molar-refractivity contribution in [2.45, 2.75) is 36.9 Å². The molecule has 1 saturated carbocycles. The van der Waals surface area contributed by atoms with Crippen molar-refractivity contribution in [3.05, 3.63) is 23.1 Å². The van der Waals surface area contributed by atoms with Gasteiger partial charge >= 0.3 is 0 Å². The van der Waals surface area contributed by atoms with Crippen molar-refractivity contribution in [1.82, 2.24) is 5.32 Å². The summed E-state index contributed by atoms with van der Waals surface area (Å²) < 4.78 is 5.30. The number of amides is 1. The zero-order valence-corrected chi connectivity index (χ0v) is 12.1. The van der Waals surface area contributed by atoms with Gasteiger partial charge in [-0.2, -0.15) is 11.8 Å². The molecule has 100 valence electrons.